The highest BCUT2D eigenvalue weighted by atomic mass is 32.1. The average Bonchev–Trinajstić information content (AvgIpc) is 2.61. The molecule has 13 heavy (non-hydrogen) atoms. The molecule has 0 aliphatic rings. The third-order valence-electron chi connectivity index (χ3n) is 1.80. The normalized spacial score (nSPS) is 10.9. The summed E-state index contributed by atoms with van der Waals surface area (Å²) in [5.41, 5.74) is 5.84. The Labute approximate surface area is 79.0 Å². The molecule has 0 unspecified atom stereocenters. The second-order valence-corrected chi connectivity index (χ2v) is 3.98. The van der Waals surface area contributed by atoms with E-state index in [4.69, 9.17) is 5.73 Å². The van der Waals surface area contributed by atoms with Crippen molar-refractivity contribution in [1.29, 1.82) is 0 Å². The zero-order valence-corrected chi connectivity index (χ0v) is 7.97. The molecule has 68 valence electrons. The van der Waals surface area contributed by atoms with Crippen LogP contribution < -0.4 is 5.73 Å². The maximum absolute atomic E-state index is 11.3. The molecule has 0 saturated carbocycles. The minimum absolute atomic E-state index is 0.0304. The van der Waals surface area contributed by atoms with Gasteiger partial charge in [0.2, 0.25) is 0 Å². The van der Waals surface area contributed by atoms with Crippen molar-refractivity contribution in [3.8, 4) is 0 Å². The van der Waals surface area contributed by atoms with Gasteiger partial charge in [-0.1, -0.05) is 0 Å². The van der Waals surface area contributed by atoms with E-state index in [-0.39, 0.29) is 12.3 Å². The summed E-state index contributed by atoms with van der Waals surface area (Å²) in [6, 6.07) is 0. The van der Waals surface area contributed by atoms with E-state index in [0.29, 0.717) is 5.69 Å². The summed E-state index contributed by atoms with van der Waals surface area (Å²) in [6.45, 7) is 2.01. The molecule has 2 N–H and O–H groups in total. The summed E-state index contributed by atoms with van der Waals surface area (Å²) in [5.74, 6) is -0.0784. The molecule has 0 bridgehead atoms. The number of thiazole rings is 1. The molecule has 4 nitrogen and oxygen atoms in total. The smallest absolute Gasteiger partial charge is 0.194 e. The molecule has 2 aromatic rings. The average molecular weight is 195 g/mol. The van der Waals surface area contributed by atoms with Gasteiger partial charge in [-0.2, -0.15) is 0 Å². The highest BCUT2D eigenvalue weighted by Crippen LogP contribution is 2.17. The van der Waals surface area contributed by atoms with E-state index in [9.17, 15) is 4.79 Å². The van der Waals surface area contributed by atoms with Crippen LogP contribution in [0.1, 0.15) is 15.4 Å². The Hall–Kier alpha value is -1.20. The van der Waals surface area contributed by atoms with Gasteiger partial charge in [-0.3, -0.25) is 9.20 Å². The van der Waals surface area contributed by atoms with Crippen molar-refractivity contribution in [1.82, 2.24) is 9.38 Å². The summed E-state index contributed by atoms with van der Waals surface area (Å²) in [6.07, 6.45) is 3.47. The van der Waals surface area contributed by atoms with Crippen molar-refractivity contribution in [3.05, 3.63) is 23.0 Å². The number of nitrogens with two attached hydrogens (primary N) is 1. The Morgan fingerprint density at radius 3 is 3.23 bits per heavy atom. The molecule has 0 aliphatic heterocycles. The van der Waals surface area contributed by atoms with Gasteiger partial charge in [0.25, 0.3) is 0 Å². The Kier molecular flexibility index (Phi) is 1.90. The van der Waals surface area contributed by atoms with Crippen molar-refractivity contribution in [3.63, 3.8) is 0 Å². The second kappa shape index (κ2) is 2.93. The van der Waals surface area contributed by atoms with E-state index in [0.717, 1.165) is 9.84 Å². The monoisotopic (exact) mass is 195 g/mol. The molecule has 0 aliphatic carbocycles. The van der Waals surface area contributed by atoms with Gasteiger partial charge in [0, 0.05) is 11.1 Å². The number of rotatable bonds is 2. The summed E-state index contributed by atoms with van der Waals surface area (Å²) in [5, 5.41) is 0. The predicted octanol–water partition coefficient (Wildman–Crippen LogP) is 0.846. The van der Waals surface area contributed by atoms with E-state index in [1.807, 2.05) is 13.1 Å². The van der Waals surface area contributed by atoms with E-state index in [1.165, 1.54) is 0 Å². The molecule has 2 aromatic heterocycles. The Balaban J connectivity index is 2.62. The van der Waals surface area contributed by atoms with Gasteiger partial charge in [0.15, 0.2) is 10.7 Å². The predicted molar refractivity (Wildman–Crippen MR) is 51.2 cm³/mol. The number of carbonyl (C=O) groups is 1. The standard InChI is InChI=1S/C8H9N3OS/c1-5-4-11-6(7(12)2-9)3-10-8(11)13-5/h3-4H,2,9H2,1H3. The highest BCUT2D eigenvalue weighted by Gasteiger charge is 2.11. The van der Waals surface area contributed by atoms with E-state index >= 15 is 0 Å². The lowest BCUT2D eigenvalue weighted by Crippen LogP contribution is -2.15. The number of Topliss-reactive ketones (excluding diaryl/α,β-unsaturated/α-hetero) is 1. The van der Waals surface area contributed by atoms with Gasteiger partial charge < -0.3 is 5.73 Å². The number of hydrogen-bond acceptors (Lipinski definition) is 4. The van der Waals surface area contributed by atoms with E-state index < -0.39 is 0 Å². The molecule has 2 heterocycles. The van der Waals surface area contributed by atoms with Crippen molar-refractivity contribution in [2.75, 3.05) is 6.54 Å². The zero-order chi connectivity index (χ0) is 9.42. The topological polar surface area (TPSA) is 60.4 Å². The zero-order valence-electron chi connectivity index (χ0n) is 7.15. The van der Waals surface area contributed by atoms with Crippen molar-refractivity contribution < 1.29 is 4.79 Å². The number of imidazole rings is 1. The first-order chi connectivity index (χ1) is 6.22. The Bertz CT molecular complexity index is 457. The number of aryl methyl sites for hydroxylation is 1. The largest absolute Gasteiger partial charge is 0.324 e. The Morgan fingerprint density at radius 2 is 2.54 bits per heavy atom. The van der Waals surface area contributed by atoms with Crippen LogP contribution in [0.4, 0.5) is 0 Å². The maximum atomic E-state index is 11.3. The molecule has 0 saturated heterocycles. The first-order valence-electron chi connectivity index (χ1n) is 3.89. The van der Waals surface area contributed by atoms with Crippen LogP contribution in [-0.2, 0) is 0 Å². The molecule has 5 heteroatoms. The number of ketones is 1. The molecule has 0 atom stereocenters. The molecule has 0 radical (unpaired) electrons. The maximum Gasteiger partial charge on any atom is 0.194 e. The van der Waals surface area contributed by atoms with E-state index in [1.54, 1.807) is 21.9 Å². The van der Waals surface area contributed by atoms with Gasteiger partial charge in [0.05, 0.1) is 12.7 Å². The highest BCUT2D eigenvalue weighted by molar-refractivity contribution is 7.17. The summed E-state index contributed by atoms with van der Waals surface area (Å²) in [7, 11) is 0. The lowest BCUT2D eigenvalue weighted by molar-refractivity contribution is 0.0996. The molecule has 2 rings (SSSR count). The number of carbonyl (C=O) groups excluding carboxylic acids is 1. The first kappa shape index (κ1) is 8.40. The summed E-state index contributed by atoms with van der Waals surface area (Å²) in [4.78, 5) is 17.4. The Morgan fingerprint density at radius 1 is 1.77 bits per heavy atom. The van der Waals surface area contributed by atoms with Gasteiger partial charge in [-0.05, 0) is 6.92 Å². The van der Waals surface area contributed by atoms with Crippen LogP contribution in [-0.4, -0.2) is 21.7 Å². The number of hydrogen-bond donors (Lipinski definition) is 1. The number of aromatic nitrogens is 2. The fourth-order valence-electron chi connectivity index (χ4n) is 1.21. The quantitative estimate of drug-likeness (QED) is 0.722. The van der Waals surface area contributed by atoms with Gasteiger partial charge in [0.1, 0.15) is 5.69 Å². The van der Waals surface area contributed by atoms with Crippen molar-refractivity contribution in [2.45, 2.75) is 6.92 Å². The van der Waals surface area contributed by atoms with Crippen LogP contribution in [0.15, 0.2) is 12.4 Å². The fraction of sp³-hybridized carbons (Fsp3) is 0.250. The molecular weight excluding hydrogens is 186 g/mol. The third kappa shape index (κ3) is 1.26. The van der Waals surface area contributed by atoms with Crippen LogP contribution in [0.2, 0.25) is 0 Å². The van der Waals surface area contributed by atoms with Crippen LogP contribution in [0.25, 0.3) is 4.96 Å². The van der Waals surface area contributed by atoms with Gasteiger partial charge >= 0.3 is 0 Å². The number of fused-ring (bicyclic) bond motifs is 1. The van der Waals surface area contributed by atoms with Crippen LogP contribution >= 0.6 is 11.3 Å². The molecule has 0 amide bonds. The number of nitrogens with zero attached hydrogens (tertiary/aromatic N) is 2. The first-order valence-corrected chi connectivity index (χ1v) is 4.71. The molecular formula is C8H9N3OS. The van der Waals surface area contributed by atoms with Crippen molar-refractivity contribution in [2.24, 2.45) is 5.73 Å². The summed E-state index contributed by atoms with van der Waals surface area (Å²) < 4.78 is 1.79. The second-order valence-electron chi connectivity index (χ2n) is 2.77. The molecule has 0 aromatic carbocycles. The lowest BCUT2D eigenvalue weighted by Gasteiger charge is -1.92. The van der Waals surface area contributed by atoms with Gasteiger partial charge in [-0.25, -0.2) is 4.98 Å². The van der Waals surface area contributed by atoms with Crippen LogP contribution in [0.3, 0.4) is 0 Å². The minimum Gasteiger partial charge on any atom is -0.324 e. The lowest BCUT2D eigenvalue weighted by atomic mass is 10.3. The fourth-order valence-corrected chi connectivity index (χ4v) is 2.01. The van der Waals surface area contributed by atoms with Gasteiger partial charge in [-0.15, -0.1) is 11.3 Å². The van der Waals surface area contributed by atoms with E-state index in [2.05, 4.69) is 4.98 Å². The van der Waals surface area contributed by atoms with Crippen LogP contribution in [0, 0.1) is 6.92 Å². The third-order valence-corrected chi connectivity index (χ3v) is 2.71. The molecule has 0 spiro atoms. The minimum atomic E-state index is -0.0784. The van der Waals surface area contributed by atoms with Crippen molar-refractivity contribution >= 4 is 22.1 Å². The summed E-state index contributed by atoms with van der Waals surface area (Å²) >= 11 is 1.56. The SMILES string of the molecule is Cc1cn2c(C(=O)CN)cnc2s1. The van der Waals surface area contributed by atoms with Crippen LogP contribution in [0.5, 0.6) is 0 Å². The molecule has 0 fully saturated rings.